The Morgan fingerprint density at radius 1 is 1.14 bits per heavy atom. The van der Waals surface area contributed by atoms with Gasteiger partial charge in [-0.15, -0.1) is 0 Å². The molecule has 0 saturated heterocycles. The molecule has 0 spiro atoms. The fourth-order valence-corrected chi connectivity index (χ4v) is 2.25. The lowest BCUT2D eigenvalue weighted by Gasteiger charge is -2.18. The van der Waals surface area contributed by atoms with E-state index in [1.807, 2.05) is 32.0 Å². The summed E-state index contributed by atoms with van der Waals surface area (Å²) in [7, 11) is 1.44. The summed E-state index contributed by atoms with van der Waals surface area (Å²) in [5.41, 5.74) is 9.08. The van der Waals surface area contributed by atoms with Gasteiger partial charge in [-0.2, -0.15) is 0 Å². The van der Waals surface area contributed by atoms with E-state index in [4.69, 9.17) is 15.2 Å². The maximum absolute atomic E-state index is 13.5. The first-order valence-electron chi connectivity index (χ1n) is 6.89. The van der Waals surface area contributed by atoms with Gasteiger partial charge in [-0.1, -0.05) is 23.8 Å². The largest absolute Gasteiger partial charge is 0.494 e. The van der Waals surface area contributed by atoms with Crippen molar-refractivity contribution in [2.45, 2.75) is 19.9 Å². The molecule has 4 heteroatoms. The molecule has 2 rings (SSSR count). The van der Waals surface area contributed by atoms with Crippen LogP contribution in [-0.2, 0) is 0 Å². The fraction of sp³-hybridized carbons (Fsp3) is 0.294. The van der Waals surface area contributed by atoms with E-state index in [0.29, 0.717) is 6.61 Å². The van der Waals surface area contributed by atoms with Crippen molar-refractivity contribution < 1.29 is 13.9 Å². The lowest BCUT2D eigenvalue weighted by Crippen LogP contribution is -2.14. The van der Waals surface area contributed by atoms with Crippen molar-refractivity contribution in [2.75, 3.05) is 13.7 Å². The summed E-state index contributed by atoms with van der Waals surface area (Å²) < 4.78 is 24.2. The zero-order valence-electron chi connectivity index (χ0n) is 12.5. The third-order valence-electron chi connectivity index (χ3n) is 3.33. The molecule has 2 aromatic carbocycles. The van der Waals surface area contributed by atoms with E-state index in [0.717, 1.165) is 22.4 Å². The first kappa shape index (κ1) is 15.3. The number of aryl methyl sites for hydroxylation is 1. The van der Waals surface area contributed by atoms with Gasteiger partial charge in [0.25, 0.3) is 0 Å². The molecule has 0 aliphatic rings. The van der Waals surface area contributed by atoms with Crippen LogP contribution in [0.4, 0.5) is 4.39 Å². The minimum Gasteiger partial charge on any atom is -0.494 e. The number of methoxy groups -OCH3 is 1. The van der Waals surface area contributed by atoms with Crippen molar-refractivity contribution in [3.05, 3.63) is 58.9 Å². The Balaban J connectivity index is 2.43. The van der Waals surface area contributed by atoms with E-state index >= 15 is 0 Å². The molecule has 0 fully saturated rings. The third kappa shape index (κ3) is 3.34. The smallest absolute Gasteiger partial charge is 0.165 e. The fourth-order valence-electron chi connectivity index (χ4n) is 2.25. The molecule has 3 nitrogen and oxygen atoms in total. The van der Waals surface area contributed by atoms with Gasteiger partial charge in [0.15, 0.2) is 11.6 Å². The number of hydrogen-bond acceptors (Lipinski definition) is 3. The second kappa shape index (κ2) is 6.59. The van der Waals surface area contributed by atoms with Gasteiger partial charge in [0.1, 0.15) is 5.75 Å². The molecule has 0 aliphatic heterocycles. The van der Waals surface area contributed by atoms with Gasteiger partial charge in [0.05, 0.1) is 19.8 Å². The molecule has 0 bridgehead atoms. The Labute approximate surface area is 124 Å². The van der Waals surface area contributed by atoms with Crippen molar-refractivity contribution in [3.8, 4) is 11.5 Å². The highest BCUT2D eigenvalue weighted by atomic mass is 19.1. The highest BCUT2D eigenvalue weighted by Gasteiger charge is 2.16. The van der Waals surface area contributed by atoms with Crippen LogP contribution in [-0.4, -0.2) is 13.7 Å². The van der Waals surface area contributed by atoms with E-state index in [9.17, 15) is 4.39 Å². The molecule has 0 aliphatic carbocycles. The Bertz CT molecular complexity index is 628. The van der Waals surface area contributed by atoms with Crippen molar-refractivity contribution in [3.63, 3.8) is 0 Å². The normalized spacial score (nSPS) is 12.0. The monoisotopic (exact) mass is 289 g/mol. The van der Waals surface area contributed by atoms with Crippen LogP contribution in [0.2, 0.25) is 0 Å². The van der Waals surface area contributed by atoms with E-state index in [1.54, 1.807) is 12.1 Å². The quantitative estimate of drug-likeness (QED) is 0.915. The second-order valence-electron chi connectivity index (χ2n) is 4.85. The maximum atomic E-state index is 13.5. The molecule has 0 aromatic heterocycles. The van der Waals surface area contributed by atoms with Crippen LogP contribution in [0.3, 0.4) is 0 Å². The zero-order chi connectivity index (χ0) is 15.4. The predicted molar refractivity (Wildman–Crippen MR) is 81.3 cm³/mol. The summed E-state index contributed by atoms with van der Waals surface area (Å²) in [6.07, 6.45) is 0. The van der Waals surface area contributed by atoms with E-state index in [1.165, 1.54) is 13.2 Å². The van der Waals surface area contributed by atoms with Crippen molar-refractivity contribution in [1.82, 2.24) is 0 Å². The molecule has 2 N–H and O–H groups in total. The van der Waals surface area contributed by atoms with Crippen LogP contribution in [0.15, 0.2) is 36.4 Å². The lowest BCUT2D eigenvalue weighted by atomic mass is 9.97. The third-order valence-corrected chi connectivity index (χ3v) is 3.33. The highest BCUT2D eigenvalue weighted by molar-refractivity contribution is 5.45. The number of benzene rings is 2. The minimum absolute atomic E-state index is 0.188. The lowest BCUT2D eigenvalue weighted by molar-refractivity contribution is 0.335. The zero-order valence-corrected chi connectivity index (χ0v) is 12.5. The van der Waals surface area contributed by atoms with Gasteiger partial charge in [-0.3, -0.25) is 0 Å². The summed E-state index contributed by atoms with van der Waals surface area (Å²) in [6.45, 7) is 4.49. The molecule has 1 unspecified atom stereocenters. The number of hydrogen-bond donors (Lipinski definition) is 1. The Morgan fingerprint density at radius 3 is 2.57 bits per heavy atom. The maximum Gasteiger partial charge on any atom is 0.165 e. The van der Waals surface area contributed by atoms with Gasteiger partial charge in [-0.25, -0.2) is 4.39 Å². The number of rotatable bonds is 5. The second-order valence-corrected chi connectivity index (χ2v) is 4.85. The van der Waals surface area contributed by atoms with Crippen LogP contribution >= 0.6 is 0 Å². The molecule has 2 aromatic rings. The van der Waals surface area contributed by atoms with Crippen LogP contribution in [0.25, 0.3) is 0 Å². The summed E-state index contributed by atoms with van der Waals surface area (Å²) in [4.78, 5) is 0. The van der Waals surface area contributed by atoms with E-state index in [-0.39, 0.29) is 5.75 Å². The van der Waals surface area contributed by atoms with Gasteiger partial charge in [-0.05, 0) is 37.6 Å². The van der Waals surface area contributed by atoms with E-state index in [2.05, 4.69) is 0 Å². The van der Waals surface area contributed by atoms with Gasteiger partial charge >= 0.3 is 0 Å². The van der Waals surface area contributed by atoms with Crippen LogP contribution in [0.1, 0.15) is 29.7 Å². The molecule has 112 valence electrons. The average Bonchev–Trinajstić information content (AvgIpc) is 2.49. The molecular formula is C17H20FNO2. The first-order chi connectivity index (χ1) is 10.1. The standard InChI is InChI=1S/C17H20FNO2/c1-4-21-15-8-5-11(2)9-13(15)17(19)12-6-7-14(18)16(10-12)20-3/h5-10,17H,4,19H2,1-3H3. The molecule has 21 heavy (non-hydrogen) atoms. The Hall–Kier alpha value is -2.07. The average molecular weight is 289 g/mol. The van der Waals surface area contributed by atoms with Gasteiger partial charge in [0.2, 0.25) is 0 Å². The number of ether oxygens (including phenoxy) is 2. The van der Waals surface area contributed by atoms with Crippen LogP contribution < -0.4 is 15.2 Å². The van der Waals surface area contributed by atoms with Gasteiger partial charge in [0, 0.05) is 5.56 Å². The molecular weight excluding hydrogens is 269 g/mol. The summed E-state index contributed by atoms with van der Waals surface area (Å²) in [6, 6.07) is 10.1. The molecule has 0 saturated carbocycles. The Kier molecular flexibility index (Phi) is 4.81. The van der Waals surface area contributed by atoms with Crippen molar-refractivity contribution >= 4 is 0 Å². The minimum atomic E-state index is -0.402. The predicted octanol–water partition coefficient (Wildman–Crippen LogP) is 3.59. The number of nitrogens with two attached hydrogens (primary N) is 1. The molecule has 1 atom stereocenters. The topological polar surface area (TPSA) is 44.5 Å². The molecule has 0 amide bonds. The number of halogens is 1. The Morgan fingerprint density at radius 2 is 1.90 bits per heavy atom. The summed E-state index contributed by atoms with van der Waals surface area (Å²) in [5, 5.41) is 0. The first-order valence-corrected chi connectivity index (χ1v) is 6.89. The molecule has 0 radical (unpaired) electrons. The summed E-state index contributed by atoms with van der Waals surface area (Å²) >= 11 is 0. The van der Waals surface area contributed by atoms with Crippen LogP contribution in [0, 0.1) is 12.7 Å². The van der Waals surface area contributed by atoms with Crippen molar-refractivity contribution in [2.24, 2.45) is 5.73 Å². The SMILES string of the molecule is CCOc1ccc(C)cc1C(N)c1ccc(F)c(OC)c1. The highest BCUT2D eigenvalue weighted by Crippen LogP contribution is 2.31. The van der Waals surface area contributed by atoms with Gasteiger partial charge < -0.3 is 15.2 Å². The van der Waals surface area contributed by atoms with E-state index < -0.39 is 11.9 Å². The summed E-state index contributed by atoms with van der Waals surface area (Å²) in [5.74, 6) is 0.537. The van der Waals surface area contributed by atoms with Crippen LogP contribution in [0.5, 0.6) is 11.5 Å². The van der Waals surface area contributed by atoms with Crippen molar-refractivity contribution in [1.29, 1.82) is 0 Å². The molecule has 0 heterocycles.